The molecule has 0 unspecified atom stereocenters. The summed E-state index contributed by atoms with van der Waals surface area (Å²) in [7, 11) is -3.87. The van der Waals surface area contributed by atoms with Crippen LogP contribution < -0.4 is 10.5 Å². The number of nitrogens with one attached hydrogen (secondary N) is 1. The minimum absolute atomic E-state index is 0. The lowest BCUT2D eigenvalue weighted by molar-refractivity contribution is 0.494. The zero-order valence-corrected chi connectivity index (χ0v) is 13.1. The number of hydrogen-bond donors (Lipinski definition) is 2. The van der Waals surface area contributed by atoms with E-state index in [-0.39, 0.29) is 23.8 Å². The Hall–Kier alpha value is -0.210. The molecule has 0 aliphatic rings. The van der Waals surface area contributed by atoms with Crippen molar-refractivity contribution < 1.29 is 12.8 Å². The lowest BCUT2D eigenvalue weighted by Crippen LogP contribution is -2.45. The molecule has 3 N–H and O–H groups in total. The van der Waals surface area contributed by atoms with Crippen molar-refractivity contribution in [3.8, 4) is 0 Å². The average molecular weight is 362 g/mol. The highest BCUT2D eigenvalue weighted by molar-refractivity contribution is 9.10. The molecular weight excluding hydrogens is 347 g/mol. The molecule has 0 aliphatic carbocycles. The molecule has 0 aromatic heterocycles. The van der Waals surface area contributed by atoms with Gasteiger partial charge in [-0.25, -0.2) is 17.5 Å². The summed E-state index contributed by atoms with van der Waals surface area (Å²) in [6, 6.07) is 3.76. The normalized spacial score (nSPS) is 12.1. The van der Waals surface area contributed by atoms with Crippen molar-refractivity contribution in [1.29, 1.82) is 0 Å². The van der Waals surface area contributed by atoms with E-state index in [1.807, 2.05) is 0 Å². The Morgan fingerprint density at radius 3 is 2.44 bits per heavy atom. The molecule has 4 nitrogen and oxygen atoms in total. The van der Waals surface area contributed by atoms with Crippen LogP contribution in [0.15, 0.2) is 27.6 Å². The van der Waals surface area contributed by atoms with Crippen molar-refractivity contribution in [3.63, 3.8) is 0 Å². The van der Waals surface area contributed by atoms with Crippen LogP contribution in [0.4, 0.5) is 4.39 Å². The minimum atomic E-state index is -3.87. The predicted octanol–water partition coefficient (Wildman–Crippen LogP) is 2.03. The maximum atomic E-state index is 13.5. The lowest BCUT2D eigenvalue weighted by atomic mass is 10.1. The summed E-state index contributed by atoms with van der Waals surface area (Å²) in [6.45, 7) is 3.38. The second-order valence-corrected chi connectivity index (χ2v) is 7.04. The van der Waals surface area contributed by atoms with E-state index in [9.17, 15) is 12.8 Å². The van der Waals surface area contributed by atoms with Gasteiger partial charge in [0.25, 0.3) is 0 Å². The van der Waals surface area contributed by atoms with E-state index in [2.05, 4.69) is 20.7 Å². The standard InChI is InChI=1S/C10H14BrFN2O2S.ClH/c1-10(2,13)6-14-17(15,16)9-4-3-7(11)5-8(9)12;/h3-5,14H,6,13H2,1-2H3;1H. The Balaban J connectivity index is 0.00000289. The van der Waals surface area contributed by atoms with E-state index in [1.165, 1.54) is 12.1 Å². The van der Waals surface area contributed by atoms with Crippen LogP contribution in [0.1, 0.15) is 13.8 Å². The second-order valence-electron chi connectivity index (χ2n) is 4.39. The molecule has 0 saturated heterocycles. The van der Waals surface area contributed by atoms with Crippen LogP contribution in [-0.2, 0) is 10.0 Å². The van der Waals surface area contributed by atoms with Gasteiger partial charge in [0.05, 0.1) is 0 Å². The average Bonchev–Trinajstić information content (AvgIpc) is 2.13. The van der Waals surface area contributed by atoms with Gasteiger partial charge in [0, 0.05) is 16.6 Å². The van der Waals surface area contributed by atoms with Crippen LogP contribution in [0.2, 0.25) is 0 Å². The zero-order valence-electron chi connectivity index (χ0n) is 9.91. The fourth-order valence-electron chi connectivity index (χ4n) is 1.05. The lowest BCUT2D eigenvalue weighted by Gasteiger charge is -2.19. The highest BCUT2D eigenvalue weighted by atomic mass is 79.9. The molecule has 1 rings (SSSR count). The third kappa shape index (κ3) is 5.19. The number of sulfonamides is 1. The molecular formula is C10H15BrClFN2O2S. The first kappa shape index (κ1) is 17.8. The zero-order chi connectivity index (χ0) is 13.3. The molecule has 1 aromatic rings. The smallest absolute Gasteiger partial charge is 0.243 e. The van der Waals surface area contributed by atoms with Crippen molar-refractivity contribution in [2.75, 3.05) is 6.54 Å². The van der Waals surface area contributed by atoms with Crippen LogP contribution in [0.5, 0.6) is 0 Å². The first-order valence-electron chi connectivity index (χ1n) is 4.85. The van der Waals surface area contributed by atoms with Crippen molar-refractivity contribution in [3.05, 3.63) is 28.5 Å². The van der Waals surface area contributed by atoms with Crippen molar-refractivity contribution >= 4 is 38.4 Å². The predicted molar refractivity (Wildman–Crippen MR) is 74.8 cm³/mol. The molecule has 18 heavy (non-hydrogen) atoms. The van der Waals surface area contributed by atoms with E-state index in [0.29, 0.717) is 4.47 Å². The molecule has 0 spiro atoms. The quantitative estimate of drug-likeness (QED) is 0.862. The van der Waals surface area contributed by atoms with E-state index in [1.54, 1.807) is 13.8 Å². The van der Waals surface area contributed by atoms with Gasteiger partial charge in [-0.15, -0.1) is 12.4 Å². The maximum Gasteiger partial charge on any atom is 0.243 e. The molecule has 8 heteroatoms. The van der Waals surface area contributed by atoms with Crippen LogP contribution >= 0.6 is 28.3 Å². The second kappa shape index (κ2) is 6.29. The molecule has 0 bridgehead atoms. The maximum absolute atomic E-state index is 13.5. The van der Waals surface area contributed by atoms with Crippen LogP contribution in [0.25, 0.3) is 0 Å². The summed E-state index contributed by atoms with van der Waals surface area (Å²) in [5, 5.41) is 0. The third-order valence-electron chi connectivity index (χ3n) is 1.90. The summed E-state index contributed by atoms with van der Waals surface area (Å²) in [6.07, 6.45) is 0. The molecule has 0 fully saturated rings. The Labute approximate surface area is 121 Å². The van der Waals surface area contributed by atoms with Crippen LogP contribution in [-0.4, -0.2) is 20.5 Å². The number of nitrogens with two attached hydrogens (primary N) is 1. The van der Waals surface area contributed by atoms with Gasteiger partial charge >= 0.3 is 0 Å². The Kier molecular flexibility index (Phi) is 6.22. The Morgan fingerprint density at radius 2 is 2.00 bits per heavy atom. The third-order valence-corrected chi connectivity index (χ3v) is 3.83. The van der Waals surface area contributed by atoms with E-state index >= 15 is 0 Å². The first-order valence-corrected chi connectivity index (χ1v) is 7.13. The molecule has 0 aliphatic heterocycles. The van der Waals surface area contributed by atoms with Crippen molar-refractivity contribution in [2.45, 2.75) is 24.3 Å². The van der Waals surface area contributed by atoms with Crippen LogP contribution in [0.3, 0.4) is 0 Å². The van der Waals surface area contributed by atoms with Gasteiger partial charge in [-0.2, -0.15) is 0 Å². The van der Waals surface area contributed by atoms with Gasteiger partial charge in [-0.05, 0) is 32.0 Å². The molecule has 0 saturated carbocycles. The highest BCUT2D eigenvalue weighted by Gasteiger charge is 2.21. The van der Waals surface area contributed by atoms with E-state index in [0.717, 1.165) is 6.07 Å². The summed E-state index contributed by atoms with van der Waals surface area (Å²) in [5.74, 6) is -0.804. The largest absolute Gasteiger partial charge is 0.324 e. The van der Waals surface area contributed by atoms with Gasteiger partial charge < -0.3 is 5.73 Å². The van der Waals surface area contributed by atoms with Gasteiger partial charge in [0.2, 0.25) is 10.0 Å². The van der Waals surface area contributed by atoms with Gasteiger partial charge in [0.15, 0.2) is 0 Å². The van der Waals surface area contributed by atoms with E-state index in [4.69, 9.17) is 5.73 Å². The fraction of sp³-hybridized carbons (Fsp3) is 0.400. The molecule has 0 radical (unpaired) electrons. The minimum Gasteiger partial charge on any atom is -0.324 e. The van der Waals surface area contributed by atoms with Crippen molar-refractivity contribution in [1.82, 2.24) is 4.72 Å². The molecule has 0 atom stereocenters. The molecule has 1 aromatic carbocycles. The first-order chi connectivity index (χ1) is 7.62. The topological polar surface area (TPSA) is 72.2 Å². The number of halogens is 3. The monoisotopic (exact) mass is 360 g/mol. The Bertz CT molecular complexity index is 517. The van der Waals surface area contributed by atoms with E-state index < -0.39 is 21.4 Å². The van der Waals surface area contributed by atoms with Crippen molar-refractivity contribution in [2.24, 2.45) is 5.73 Å². The van der Waals surface area contributed by atoms with Gasteiger partial charge in [-0.1, -0.05) is 15.9 Å². The Morgan fingerprint density at radius 1 is 1.44 bits per heavy atom. The fourth-order valence-corrected chi connectivity index (χ4v) is 2.67. The highest BCUT2D eigenvalue weighted by Crippen LogP contribution is 2.19. The molecule has 0 heterocycles. The van der Waals surface area contributed by atoms with Gasteiger partial charge in [-0.3, -0.25) is 0 Å². The van der Waals surface area contributed by atoms with Gasteiger partial charge in [0.1, 0.15) is 10.7 Å². The molecule has 0 amide bonds. The summed E-state index contributed by atoms with van der Waals surface area (Å²) in [5.41, 5.74) is 4.96. The number of benzene rings is 1. The number of rotatable bonds is 4. The summed E-state index contributed by atoms with van der Waals surface area (Å²) in [4.78, 5) is -0.384. The summed E-state index contributed by atoms with van der Waals surface area (Å²) >= 11 is 3.06. The summed E-state index contributed by atoms with van der Waals surface area (Å²) < 4.78 is 39.8. The van der Waals surface area contributed by atoms with Crippen LogP contribution in [0, 0.1) is 5.82 Å². The molecule has 104 valence electrons. The number of hydrogen-bond acceptors (Lipinski definition) is 3. The SMILES string of the molecule is CC(C)(N)CNS(=O)(=O)c1ccc(Br)cc1F.Cl.